The second-order valence-electron chi connectivity index (χ2n) is 4.20. The van der Waals surface area contributed by atoms with Crippen LogP contribution in [0.15, 0.2) is 12.1 Å². The molecule has 0 aliphatic heterocycles. The summed E-state index contributed by atoms with van der Waals surface area (Å²) >= 11 is 0. The van der Waals surface area contributed by atoms with Crippen molar-refractivity contribution in [1.82, 2.24) is 0 Å². The van der Waals surface area contributed by atoms with Crippen LogP contribution in [0.1, 0.15) is 29.2 Å². The van der Waals surface area contributed by atoms with E-state index in [0.29, 0.717) is 5.92 Å². The zero-order valence-corrected chi connectivity index (χ0v) is 9.15. The van der Waals surface area contributed by atoms with Gasteiger partial charge in [-0.1, -0.05) is 18.1 Å². The molecular formula is C14H16. The Balaban J connectivity index is 2.34. The molecule has 0 fully saturated rings. The lowest BCUT2D eigenvalue weighted by atomic mass is 10.0. The molecule has 0 radical (unpaired) electrons. The van der Waals surface area contributed by atoms with Crippen LogP contribution < -0.4 is 0 Å². The first kappa shape index (κ1) is 9.34. The van der Waals surface area contributed by atoms with Gasteiger partial charge in [-0.05, 0) is 55.9 Å². The van der Waals surface area contributed by atoms with E-state index in [9.17, 15) is 0 Å². The summed E-state index contributed by atoms with van der Waals surface area (Å²) in [5.41, 5.74) is 5.85. The molecular weight excluding hydrogens is 168 g/mol. The highest BCUT2D eigenvalue weighted by atomic mass is 14.2. The van der Waals surface area contributed by atoms with E-state index in [1.165, 1.54) is 22.3 Å². The zero-order chi connectivity index (χ0) is 10.1. The van der Waals surface area contributed by atoms with Crippen molar-refractivity contribution in [2.45, 2.75) is 33.6 Å². The lowest BCUT2D eigenvalue weighted by Gasteiger charge is -2.03. The van der Waals surface area contributed by atoms with E-state index in [4.69, 9.17) is 0 Å². The van der Waals surface area contributed by atoms with Gasteiger partial charge < -0.3 is 0 Å². The van der Waals surface area contributed by atoms with Crippen LogP contribution in [-0.2, 0) is 12.8 Å². The summed E-state index contributed by atoms with van der Waals surface area (Å²) in [5.74, 6) is 6.87. The minimum Gasteiger partial charge on any atom is -0.106 e. The molecule has 14 heavy (non-hydrogen) atoms. The second-order valence-corrected chi connectivity index (χ2v) is 4.20. The Hall–Kier alpha value is -1.22. The van der Waals surface area contributed by atoms with Crippen molar-refractivity contribution in [3.8, 4) is 11.8 Å². The van der Waals surface area contributed by atoms with Crippen molar-refractivity contribution in [2.75, 3.05) is 0 Å². The molecule has 0 aromatic heterocycles. The molecule has 0 N–H and O–H groups in total. The topological polar surface area (TPSA) is 0 Å². The van der Waals surface area contributed by atoms with Crippen molar-refractivity contribution in [1.29, 1.82) is 0 Å². The average Bonchev–Trinajstić information content (AvgIpc) is 2.48. The highest BCUT2D eigenvalue weighted by molar-refractivity contribution is 5.41. The molecule has 1 aliphatic rings. The largest absolute Gasteiger partial charge is 0.106 e. The van der Waals surface area contributed by atoms with Crippen molar-refractivity contribution < 1.29 is 0 Å². The van der Waals surface area contributed by atoms with Gasteiger partial charge in [-0.15, -0.1) is 5.92 Å². The lowest BCUT2D eigenvalue weighted by molar-refractivity contribution is 0.731. The Bertz CT molecular complexity index is 385. The molecule has 0 saturated carbocycles. The average molecular weight is 184 g/mol. The number of hydrogen-bond donors (Lipinski definition) is 0. The van der Waals surface area contributed by atoms with Gasteiger partial charge in [0.25, 0.3) is 0 Å². The van der Waals surface area contributed by atoms with E-state index < -0.39 is 0 Å². The molecule has 1 aromatic rings. The van der Waals surface area contributed by atoms with Crippen LogP contribution in [0.2, 0.25) is 0 Å². The minimum atomic E-state index is 0.566. The van der Waals surface area contributed by atoms with Gasteiger partial charge in [-0.3, -0.25) is 0 Å². The van der Waals surface area contributed by atoms with E-state index in [0.717, 1.165) is 12.8 Å². The molecule has 1 aromatic carbocycles. The van der Waals surface area contributed by atoms with Gasteiger partial charge in [0.15, 0.2) is 0 Å². The number of rotatable bonds is 0. The Morgan fingerprint density at radius 3 is 2.00 bits per heavy atom. The summed E-state index contributed by atoms with van der Waals surface area (Å²) in [5, 5.41) is 0. The van der Waals surface area contributed by atoms with Gasteiger partial charge in [0.2, 0.25) is 0 Å². The third-order valence-corrected chi connectivity index (χ3v) is 3.10. The van der Waals surface area contributed by atoms with Crippen molar-refractivity contribution >= 4 is 0 Å². The fraction of sp³-hybridized carbons (Fsp3) is 0.429. The number of aryl methyl sites for hydroxylation is 2. The summed E-state index contributed by atoms with van der Waals surface area (Å²) in [4.78, 5) is 0. The van der Waals surface area contributed by atoms with Crippen molar-refractivity contribution in [2.24, 2.45) is 5.92 Å². The first-order valence-electron chi connectivity index (χ1n) is 5.22. The normalized spacial score (nSPS) is 14.8. The molecule has 0 bridgehead atoms. The van der Waals surface area contributed by atoms with Crippen molar-refractivity contribution in [3.63, 3.8) is 0 Å². The monoisotopic (exact) mass is 184 g/mol. The maximum absolute atomic E-state index is 3.28. The van der Waals surface area contributed by atoms with Gasteiger partial charge in [-0.25, -0.2) is 0 Å². The standard InChI is InChI=1S/C14H16/c1-4-5-12-8-13-6-10(2)11(3)7-14(13)9-12/h6-7,12H,8-9H2,1-3H3. The number of benzene rings is 1. The zero-order valence-electron chi connectivity index (χ0n) is 9.15. The van der Waals surface area contributed by atoms with Crippen LogP contribution in [0.3, 0.4) is 0 Å². The Morgan fingerprint density at radius 2 is 1.57 bits per heavy atom. The van der Waals surface area contributed by atoms with E-state index in [1.54, 1.807) is 0 Å². The fourth-order valence-corrected chi connectivity index (χ4v) is 2.23. The van der Waals surface area contributed by atoms with Gasteiger partial charge in [0.05, 0.1) is 0 Å². The first-order chi connectivity index (χ1) is 6.70. The molecule has 0 spiro atoms. The van der Waals surface area contributed by atoms with Crippen LogP contribution >= 0.6 is 0 Å². The minimum absolute atomic E-state index is 0.566. The smallest absolute Gasteiger partial charge is 0.0283 e. The molecule has 1 aliphatic carbocycles. The van der Waals surface area contributed by atoms with E-state index in [1.807, 2.05) is 6.92 Å². The van der Waals surface area contributed by atoms with E-state index >= 15 is 0 Å². The van der Waals surface area contributed by atoms with Gasteiger partial charge in [0, 0.05) is 5.92 Å². The lowest BCUT2D eigenvalue weighted by Crippen LogP contribution is -1.93. The Morgan fingerprint density at radius 1 is 1.07 bits per heavy atom. The molecule has 0 nitrogen and oxygen atoms in total. The quantitative estimate of drug-likeness (QED) is 0.544. The Kier molecular flexibility index (Phi) is 2.33. The van der Waals surface area contributed by atoms with Crippen molar-refractivity contribution in [3.05, 3.63) is 34.4 Å². The predicted molar refractivity (Wildman–Crippen MR) is 60.3 cm³/mol. The highest BCUT2D eigenvalue weighted by Crippen LogP contribution is 2.28. The fourth-order valence-electron chi connectivity index (χ4n) is 2.23. The van der Waals surface area contributed by atoms with Crippen LogP contribution in [-0.4, -0.2) is 0 Å². The van der Waals surface area contributed by atoms with Crippen LogP contribution in [0.4, 0.5) is 0 Å². The maximum atomic E-state index is 3.28. The van der Waals surface area contributed by atoms with Crippen LogP contribution in [0, 0.1) is 31.6 Å². The summed E-state index contributed by atoms with van der Waals surface area (Å²) in [6, 6.07) is 4.67. The highest BCUT2D eigenvalue weighted by Gasteiger charge is 2.19. The molecule has 0 heterocycles. The van der Waals surface area contributed by atoms with Crippen LogP contribution in [0.5, 0.6) is 0 Å². The van der Waals surface area contributed by atoms with Gasteiger partial charge >= 0.3 is 0 Å². The third-order valence-electron chi connectivity index (χ3n) is 3.10. The Labute approximate surface area is 86.3 Å². The van der Waals surface area contributed by atoms with Crippen LogP contribution in [0.25, 0.3) is 0 Å². The van der Waals surface area contributed by atoms with E-state index in [2.05, 4.69) is 37.8 Å². The van der Waals surface area contributed by atoms with Gasteiger partial charge in [0.1, 0.15) is 0 Å². The molecule has 0 heteroatoms. The molecule has 0 saturated heterocycles. The molecule has 2 rings (SSSR count). The summed E-state index contributed by atoms with van der Waals surface area (Å²) in [7, 11) is 0. The maximum Gasteiger partial charge on any atom is 0.0283 e. The first-order valence-corrected chi connectivity index (χ1v) is 5.22. The van der Waals surface area contributed by atoms with E-state index in [-0.39, 0.29) is 0 Å². The summed E-state index contributed by atoms with van der Waals surface area (Å²) in [6.07, 6.45) is 2.30. The number of hydrogen-bond acceptors (Lipinski definition) is 0. The molecule has 0 unspecified atom stereocenters. The molecule has 0 amide bonds. The third kappa shape index (κ3) is 1.55. The SMILES string of the molecule is CC#CC1Cc2cc(C)c(C)cc2C1. The summed E-state index contributed by atoms with van der Waals surface area (Å²) in [6.45, 7) is 6.31. The van der Waals surface area contributed by atoms with Gasteiger partial charge in [-0.2, -0.15) is 0 Å². The summed E-state index contributed by atoms with van der Waals surface area (Å²) < 4.78 is 0. The molecule has 0 atom stereocenters. The number of fused-ring (bicyclic) bond motifs is 1. The molecule has 72 valence electrons. The predicted octanol–water partition coefficient (Wildman–Crippen LogP) is 3.04. The second kappa shape index (κ2) is 3.50.